The normalized spacial score (nSPS) is 27.4. The van der Waals surface area contributed by atoms with E-state index < -0.39 is 0 Å². The molecule has 1 aromatic rings. The van der Waals surface area contributed by atoms with Gasteiger partial charge in [0.15, 0.2) is 0 Å². The molecule has 0 spiro atoms. The number of likely N-dealkylation sites (tertiary alicyclic amines) is 1. The highest BCUT2D eigenvalue weighted by Crippen LogP contribution is 2.32. The van der Waals surface area contributed by atoms with Crippen LogP contribution in [-0.2, 0) is 0 Å². The third kappa shape index (κ3) is 3.01. The first-order chi connectivity index (χ1) is 9.04. The number of nitrogens with zero attached hydrogens (tertiary/aromatic N) is 1. The fraction of sp³-hybridized carbons (Fsp3) is 0.647. The molecule has 1 fully saturated rings. The first kappa shape index (κ1) is 14.5. The molecule has 0 aromatic heterocycles. The average Bonchev–Trinajstić information content (AvgIpc) is 2.79. The lowest BCUT2D eigenvalue weighted by Crippen LogP contribution is -2.46. The van der Waals surface area contributed by atoms with E-state index in [1.54, 1.807) is 0 Å². The van der Waals surface area contributed by atoms with Crippen LogP contribution in [0.4, 0.5) is 0 Å². The highest BCUT2D eigenvalue weighted by atomic mass is 15.2. The van der Waals surface area contributed by atoms with E-state index in [0.29, 0.717) is 18.1 Å². The Labute approximate surface area is 118 Å². The lowest BCUT2D eigenvalue weighted by Gasteiger charge is -2.37. The molecule has 4 atom stereocenters. The van der Waals surface area contributed by atoms with Gasteiger partial charge in [0, 0.05) is 24.2 Å². The molecule has 0 saturated carbocycles. The standard InChI is InChI=1S/C17H28N2/c1-5-16-11-8-13(3)19(16)14(4)17(18)15-9-6-12(2)7-10-15/h6-7,9-10,13-14,16-17H,5,8,11,18H2,1-4H3. The van der Waals surface area contributed by atoms with Gasteiger partial charge in [0.05, 0.1) is 0 Å². The highest BCUT2D eigenvalue weighted by molar-refractivity contribution is 5.25. The van der Waals surface area contributed by atoms with E-state index in [0.717, 1.165) is 0 Å². The lowest BCUT2D eigenvalue weighted by atomic mass is 9.97. The van der Waals surface area contributed by atoms with Crippen molar-refractivity contribution in [2.24, 2.45) is 5.73 Å². The van der Waals surface area contributed by atoms with Gasteiger partial charge in [-0.2, -0.15) is 0 Å². The Hall–Kier alpha value is -0.860. The van der Waals surface area contributed by atoms with Crippen LogP contribution >= 0.6 is 0 Å². The predicted molar refractivity (Wildman–Crippen MR) is 82.2 cm³/mol. The van der Waals surface area contributed by atoms with Gasteiger partial charge in [0.25, 0.3) is 0 Å². The molecule has 2 rings (SSSR count). The monoisotopic (exact) mass is 260 g/mol. The third-order valence-electron chi connectivity index (χ3n) is 4.77. The minimum Gasteiger partial charge on any atom is -0.323 e. The van der Waals surface area contributed by atoms with Crippen molar-refractivity contribution in [3.05, 3.63) is 35.4 Å². The third-order valence-corrected chi connectivity index (χ3v) is 4.77. The maximum atomic E-state index is 6.51. The summed E-state index contributed by atoms with van der Waals surface area (Å²) in [5.41, 5.74) is 9.06. The van der Waals surface area contributed by atoms with Crippen molar-refractivity contribution in [3.8, 4) is 0 Å². The summed E-state index contributed by atoms with van der Waals surface area (Å²) in [6.45, 7) is 9.04. The molecular formula is C17H28N2. The van der Waals surface area contributed by atoms with Gasteiger partial charge in [-0.15, -0.1) is 0 Å². The smallest absolute Gasteiger partial charge is 0.0450 e. The van der Waals surface area contributed by atoms with Crippen molar-refractivity contribution in [1.29, 1.82) is 0 Å². The fourth-order valence-corrected chi connectivity index (χ4v) is 3.49. The minimum atomic E-state index is 0.107. The van der Waals surface area contributed by atoms with Gasteiger partial charge in [-0.1, -0.05) is 36.8 Å². The van der Waals surface area contributed by atoms with Crippen molar-refractivity contribution in [1.82, 2.24) is 4.90 Å². The van der Waals surface area contributed by atoms with E-state index in [-0.39, 0.29) is 6.04 Å². The molecule has 4 unspecified atom stereocenters. The molecule has 0 radical (unpaired) electrons. The molecular weight excluding hydrogens is 232 g/mol. The van der Waals surface area contributed by atoms with Crippen molar-refractivity contribution >= 4 is 0 Å². The number of rotatable bonds is 4. The molecule has 1 aliphatic heterocycles. The Morgan fingerprint density at radius 3 is 2.47 bits per heavy atom. The Kier molecular flexibility index (Phi) is 4.64. The Morgan fingerprint density at radius 2 is 1.89 bits per heavy atom. The maximum absolute atomic E-state index is 6.51. The molecule has 1 saturated heterocycles. The summed E-state index contributed by atoms with van der Waals surface area (Å²) in [5.74, 6) is 0. The first-order valence-electron chi connectivity index (χ1n) is 7.64. The van der Waals surface area contributed by atoms with Gasteiger partial charge < -0.3 is 5.73 Å². The molecule has 0 aliphatic carbocycles. The lowest BCUT2D eigenvalue weighted by molar-refractivity contribution is 0.124. The fourth-order valence-electron chi connectivity index (χ4n) is 3.49. The second-order valence-electron chi connectivity index (χ2n) is 6.11. The number of aryl methyl sites for hydroxylation is 1. The summed E-state index contributed by atoms with van der Waals surface area (Å²) >= 11 is 0. The van der Waals surface area contributed by atoms with Crippen LogP contribution in [0.2, 0.25) is 0 Å². The SMILES string of the molecule is CCC1CCC(C)N1C(C)C(N)c1ccc(C)cc1. The molecule has 19 heavy (non-hydrogen) atoms. The van der Waals surface area contributed by atoms with E-state index >= 15 is 0 Å². The zero-order valence-electron chi connectivity index (χ0n) is 12.8. The molecule has 1 aromatic carbocycles. The van der Waals surface area contributed by atoms with Crippen LogP contribution in [-0.4, -0.2) is 23.0 Å². The van der Waals surface area contributed by atoms with Gasteiger partial charge >= 0.3 is 0 Å². The van der Waals surface area contributed by atoms with Crippen molar-refractivity contribution in [3.63, 3.8) is 0 Å². The first-order valence-corrected chi connectivity index (χ1v) is 7.64. The molecule has 0 bridgehead atoms. The zero-order valence-corrected chi connectivity index (χ0v) is 12.8. The van der Waals surface area contributed by atoms with Crippen LogP contribution in [0.3, 0.4) is 0 Å². The van der Waals surface area contributed by atoms with Crippen LogP contribution in [0.5, 0.6) is 0 Å². The van der Waals surface area contributed by atoms with Gasteiger partial charge in [-0.05, 0) is 45.6 Å². The summed E-state index contributed by atoms with van der Waals surface area (Å²) in [4.78, 5) is 2.64. The van der Waals surface area contributed by atoms with Crippen LogP contribution < -0.4 is 5.73 Å². The predicted octanol–water partition coefficient (Wildman–Crippen LogP) is 3.65. The van der Waals surface area contributed by atoms with Crippen LogP contribution in [0.1, 0.15) is 57.2 Å². The van der Waals surface area contributed by atoms with Gasteiger partial charge in [-0.25, -0.2) is 0 Å². The Balaban J connectivity index is 2.13. The molecule has 0 amide bonds. The highest BCUT2D eigenvalue weighted by Gasteiger charge is 2.35. The Morgan fingerprint density at radius 1 is 1.26 bits per heavy atom. The second-order valence-corrected chi connectivity index (χ2v) is 6.11. The van der Waals surface area contributed by atoms with E-state index in [2.05, 4.69) is 56.9 Å². The molecule has 2 N–H and O–H groups in total. The van der Waals surface area contributed by atoms with Crippen molar-refractivity contribution < 1.29 is 0 Å². The van der Waals surface area contributed by atoms with Gasteiger partial charge in [-0.3, -0.25) is 4.90 Å². The largest absolute Gasteiger partial charge is 0.323 e. The number of hydrogen-bond donors (Lipinski definition) is 1. The maximum Gasteiger partial charge on any atom is 0.0450 e. The van der Waals surface area contributed by atoms with E-state index in [9.17, 15) is 0 Å². The molecule has 2 heteroatoms. The quantitative estimate of drug-likeness (QED) is 0.895. The average molecular weight is 260 g/mol. The summed E-state index contributed by atoms with van der Waals surface area (Å²) in [6.07, 6.45) is 3.86. The molecule has 1 aliphatic rings. The molecule has 1 heterocycles. The Bertz CT molecular complexity index is 398. The summed E-state index contributed by atoms with van der Waals surface area (Å²) in [5, 5.41) is 0. The summed E-state index contributed by atoms with van der Waals surface area (Å²) < 4.78 is 0. The minimum absolute atomic E-state index is 0.107. The van der Waals surface area contributed by atoms with Gasteiger partial charge in [0.1, 0.15) is 0 Å². The van der Waals surface area contributed by atoms with E-state index in [1.807, 2.05) is 0 Å². The van der Waals surface area contributed by atoms with Crippen molar-refractivity contribution in [2.45, 2.75) is 71.1 Å². The zero-order chi connectivity index (χ0) is 14.0. The number of hydrogen-bond acceptors (Lipinski definition) is 2. The van der Waals surface area contributed by atoms with Crippen LogP contribution in [0.25, 0.3) is 0 Å². The summed E-state index contributed by atoms with van der Waals surface area (Å²) in [6, 6.07) is 10.6. The number of benzene rings is 1. The summed E-state index contributed by atoms with van der Waals surface area (Å²) in [7, 11) is 0. The molecule has 106 valence electrons. The second kappa shape index (κ2) is 6.06. The van der Waals surface area contributed by atoms with E-state index in [1.165, 1.54) is 30.4 Å². The van der Waals surface area contributed by atoms with Crippen LogP contribution in [0.15, 0.2) is 24.3 Å². The van der Waals surface area contributed by atoms with Gasteiger partial charge in [0.2, 0.25) is 0 Å². The van der Waals surface area contributed by atoms with Crippen molar-refractivity contribution in [2.75, 3.05) is 0 Å². The van der Waals surface area contributed by atoms with E-state index in [4.69, 9.17) is 5.73 Å². The molecule has 2 nitrogen and oxygen atoms in total. The van der Waals surface area contributed by atoms with Crippen LogP contribution in [0, 0.1) is 6.92 Å². The number of nitrogens with two attached hydrogens (primary N) is 1. The topological polar surface area (TPSA) is 29.3 Å².